The van der Waals surface area contributed by atoms with Crippen molar-refractivity contribution in [3.8, 4) is 0 Å². The van der Waals surface area contributed by atoms with Crippen LogP contribution < -0.4 is 10.6 Å². The molecule has 2 N–H and O–H groups in total. The molecule has 1 aromatic heterocycles. The molecular formula is C10H10F3N3O. The SMILES string of the molecule is NC1CC(=O)N(c2cnccc2C(F)(F)F)C1. The maximum atomic E-state index is 12.7. The Morgan fingerprint density at radius 3 is 2.71 bits per heavy atom. The smallest absolute Gasteiger partial charge is 0.326 e. The molecule has 7 heteroatoms. The van der Waals surface area contributed by atoms with E-state index in [1.165, 1.54) is 0 Å². The number of alkyl halides is 3. The summed E-state index contributed by atoms with van der Waals surface area (Å²) in [4.78, 5) is 16.2. The van der Waals surface area contributed by atoms with Crippen LogP contribution in [-0.4, -0.2) is 23.5 Å². The van der Waals surface area contributed by atoms with Gasteiger partial charge in [-0.1, -0.05) is 0 Å². The molecular weight excluding hydrogens is 235 g/mol. The van der Waals surface area contributed by atoms with E-state index in [1.807, 2.05) is 0 Å². The highest BCUT2D eigenvalue weighted by Crippen LogP contribution is 2.37. The van der Waals surface area contributed by atoms with Crippen molar-refractivity contribution in [2.45, 2.75) is 18.6 Å². The molecule has 1 aliphatic heterocycles. The fourth-order valence-corrected chi connectivity index (χ4v) is 1.81. The van der Waals surface area contributed by atoms with Crippen LogP contribution in [0.5, 0.6) is 0 Å². The van der Waals surface area contributed by atoms with Crippen molar-refractivity contribution in [2.75, 3.05) is 11.4 Å². The standard InChI is InChI=1S/C10H10F3N3O/c11-10(12,13)7-1-2-15-4-8(7)16-5-6(14)3-9(16)17/h1-2,4,6H,3,5,14H2. The van der Waals surface area contributed by atoms with Crippen molar-refractivity contribution < 1.29 is 18.0 Å². The highest BCUT2D eigenvalue weighted by Gasteiger charge is 2.38. The average Bonchev–Trinajstić information content (AvgIpc) is 2.56. The predicted molar refractivity (Wildman–Crippen MR) is 54.2 cm³/mol. The monoisotopic (exact) mass is 245 g/mol. The van der Waals surface area contributed by atoms with Gasteiger partial charge >= 0.3 is 6.18 Å². The Bertz CT molecular complexity index is 447. The summed E-state index contributed by atoms with van der Waals surface area (Å²) in [6.07, 6.45) is -2.36. The van der Waals surface area contributed by atoms with Crippen LogP contribution in [-0.2, 0) is 11.0 Å². The van der Waals surface area contributed by atoms with Gasteiger partial charge < -0.3 is 10.6 Å². The lowest BCUT2D eigenvalue weighted by Crippen LogP contribution is -2.30. The Kier molecular flexibility index (Phi) is 2.78. The van der Waals surface area contributed by atoms with Gasteiger partial charge in [-0.3, -0.25) is 9.78 Å². The number of hydrogen-bond donors (Lipinski definition) is 1. The number of carbonyl (C=O) groups excluding carboxylic acids is 1. The molecule has 2 rings (SSSR count). The molecule has 0 radical (unpaired) electrons. The van der Waals surface area contributed by atoms with E-state index in [0.717, 1.165) is 23.4 Å². The minimum atomic E-state index is -4.51. The molecule has 1 atom stereocenters. The van der Waals surface area contributed by atoms with Gasteiger partial charge in [-0.15, -0.1) is 0 Å². The summed E-state index contributed by atoms with van der Waals surface area (Å²) in [5.74, 6) is -0.406. The summed E-state index contributed by atoms with van der Waals surface area (Å²) < 4.78 is 38.2. The number of rotatable bonds is 1. The van der Waals surface area contributed by atoms with Crippen LogP contribution >= 0.6 is 0 Å². The number of halogens is 3. The molecule has 4 nitrogen and oxygen atoms in total. The summed E-state index contributed by atoms with van der Waals surface area (Å²) in [5, 5.41) is 0. The second kappa shape index (κ2) is 3.99. The zero-order valence-electron chi connectivity index (χ0n) is 8.74. The molecule has 1 fully saturated rings. The lowest BCUT2D eigenvalue weighted by Gasteiger charge is -2.20. The minimum absolute atomic E-state index is 0.0617. The zero-order valence-corrected chi connectivity index (χ0v) is 8.74. The number of amides is 1. The number of pyridine rings is 1. The molecule has 1 aliphatic rings. The van der Waals surface area contributed by atoms with Crippen LogP contribution in [0.2, 0.25) is 0 Å². The topological polar surface area (TPSA) is 59.2 Å². The molecule has 0 saturated carbocycles. The highest BCUT2D eigenvalue weighted by molar-refractivity contribution is 5.96. The van der Waals surface area contributed by atoms with E-state index in [2.05, 4.69) is 4.98 Å². The quantitative estimate of drug-likeness (QED) is 0.807. The fourth-order valence-electron chi connectivity index (χ4n) is 1.81. The third-order valence-electron chi connectivity index (χ3n) is 2.55. The van der Waals surface area contributed by atoms with Crippen LogP contribution in [0.1, 0.15) is 12.0 Å². The molecule has 0 aromatic carbocycles. The van der Waals surface area contributed by atoms with Crippen molar-refractivity contribution in [3.63, 3.8) is 0 Å². The maximum Gasteiger partial charge on any atom is 0.418 e. The number of hydrogen-bond acceptors (Lipinski definition) is 3. The summed E-state index contributed by atoms with van der Waals surface area (Å²) in [6, 6.07) is 0.427. The van der Waals surface area contributed by atoms with E-state index in [9.17, 15) is 18.0 Å². The van der Waals surface area contributed by atoms with Crippen molar-refractivity contribution in [1.29, 1.82) is 0 Å². The van der Waals surface area contributed by atoms with Gasteiger partial charge in [0.15, 0.2) is 0 Å². The second-order valence-electron chi connectivity index (χ2n) is 3.86. The first-order valence-corrected chi connectivity index (χ1v) is 4.96. The molecule has 2 heterocycles. The fraction of sp³-hybridized carbons (Fsp3) is 0.400. The molecule has 0 spiro atoms. The van der Waals surface area contributed by atoms with Gasteiger partial charge in [0.1, 0.15) is 0 Å². The van der Waals surface area contributed by atoms with Gasteiger partial charge in [-0.2, -0.15) is 13.2 Å². The molecule has 0 bridgehead atoms. The van der Waals surface area contributed by atoms with Crippen LogP contribution in [0.15, 0.2) is 18.5 Å². The first-order chi connectivity index (χ1) is 7.89. The number of nitrogens with zero attached hydrogens (tertiary/aromatic N) is 2. The van der Waals surface area contributed by atoms with Crippen molar-refractivity contribution >= 4 is 11.6 Å². The van der Waals surface area contributed by atoms with E-state index in [4.69, 9.17) is 5.73 Å². The Labute approximate surface area is 95.2 Å². The first-order valence-electron chi connectivity index (χ1n) is 4.96. The van der Waals surface area contributed by atoms with E-state index >= 15 is 0 Å². The molecule has 17 heavy (non-hydrogen) atoms. The number of aromatic nitrogens is 1. The first kappa shape index (κ1) is 11.8. The summed E-state index contributed by atoms with van der Waals surface area (Å²) in [5.41, 5.74) is 4.46. The third-order valence-corrected chi connectivity index (χ3v) is 2.55. The highest BCUT2D eigenvalue weighted by atomic mass is 19.4. The number of nitrogens with two attached hydrogens (primary N) is 1. The summed E-state index contributed by atoms with van der Waals surface area (Å²) in [6.45, 7) is 0.0909. The van der Waals surface area contributed by atoms with E-state index < -0.39 is 23.7 Å². The largest absolute Gasteiger partial charge is 0.418 e. The Morgan fingerprint density at radius 2 is 2.18 bits per heavy atom. The minimum Gasteiger partial charge on any atom is -0.326 e. The van der Waals surface area contributed by atoms with Gasteiger partial charge in [-0.25, -0.2) is 0 Å². The average molecular weight is 245 g/mol. The molecule has 1 amide bonds. The Morgan fingerprint density at radius 1 is 1.47 bits per heavy atom. The zero-order chi connectivity index (χ0) is 12.6. The van der Waals surface area contributed by atoms with Gasteiger partial charge in [0, 0.05) is 25.2 Å². The van der Waals surface area contributed by atoms with Crippen LogP contribution in [0.4, 0.5) is 18.9 Å². The number of carbonyl (C=O) groups is 1. The molecule has 1 saturated heterocycles. The van der Waals surface area contributed by atoms with Crippen LogP contribution in [0.25, 0.3) is 0 Å². The van der Waals surface area contributed by atoms with Gasteiger partial charge in [0.2, 0.25) is 5.91 Å². The lowest BCUT2D eigenvalue weighted by atomic mass is 10.2. The third kappa shape index (κ3) is 2.23. The Balaban J connectivity index is 2.42. The van der Waals surface area contributed by atoms with Crippen molar-refractivity contribution in [1.82, 2.24) is 4.98 Å². The normalized spacial score (nSPS) is 21.1. The van der Waals surface area contributed by atoms with E-state index in [-0.39, 0.29) is 18.7 Å². The maximum absolute atomic E-state index is 12.7. The summed E-state index contributed by atoms with van der Waals surface area (Å²) in [7, 11) is 0. The second-order valence-corrected chi connectivity index (χ2v) is 3.86. The van der Waals surface area contributed by atoms with Crippen LogP contribution in [0.3, 0.4) is 0 Å². The summed E-state index contributed by atoms with van der Waals surface area (Å²) >= 11 is 0. The van der Waals surface area contributed by atoms with E-state index in [1.54, 1.807) is 0 Å². The van der Waals surface area contributed by atoms with Crippen molar-refractivity contribution in [3.05, 3.63) is 24.0 Å². The molecule has 0 aliphatic carbocycles. The van der Waals surface area contributed by atoms with Gasteiger partial charge in [-0.05, 0) is 6.07 Å². The van der Waals surface area contributed by atoms with E-state index in [0.29, 0.717) is 0 Å². The molecule has 92 valence electrons. The predicted octanol–water partition coefficient (Wildman–Crippen LogP) is 1.16. The Hall–Kier alpha value is -1.63. The molecule has 1 unspecified atom stereocenters. The van der Waals surface area contributed by atoms with Crippen LogP contribution in [0, 0.1) is 0 Å². The van der Waals surface area contributed by atoms with Gasteiger partial charge in [0.25, 0.3) is 0 Å². The molecule has 1 aromatic rings. The lowest BCUT2D eigenvalue weighted by molar-refractivity contribution is -0.137. The number of anilines is 1. The van der Waals surface area contributed by atoms with Gasteiger partial charge in [0.05, 0.1) is 17.4 Å². The van der Waals surface area contributed by atoms with Crippen molar-refractivity contribution in [2.24, 2.45) is 5.73 Å².